The van der Waals surface area contributed by atoms with Crippen LogP contribution in [0, 0.1) is 0 Å². The highest BCUT2D eigenvalue weighted by Gasteiger charge is 2.31. The van der Waals surface area contributed by atoms with Crippen molar-refractivity contribution in [3.63, 3.8) is 0 Å². The van der Waals surface area contributed by atoms with Crippen molar-refractivity contribution in [2.75, 3.05) is 5.75 Å². The van der Waals surface area contributed by atoms with Crippen LogP contribution in [-0.2, 0) is 22.6 Å². The van der Waals surface area contributed by atoms with Gasteiger partial charge in [0.25, 0.3) is 0 Å². The molecule has 7 heteroatoms. The first-order valence-corrected chi connectivity index (χ1v) is 15.4. The third-order valence-corrected chi connectivity index (χ3v) is 8.62. The number of halogens is 2. The molecule has 1 aliphatic rings. The topological polar surface area (TPSA) is 49.4 Å². The Morgan fingerprint density at radius 1 is 0.947 bits per heavy atom. The van der Waals surface area contributed by atoms with Gasteiger partial charge in [-0.2, -0.15) is 0 Å². The van der Waals surface area contributed by atoms with Crippen molar-refractivity contribution < 1.29 is 9.59 Å². The summed E-state index contributed by atoms with van der Waals surface area (Å²) in [6.45, 7) is 0.374. The number of nitrogens with zero attached hydrogens (tertiary/aromatic N) is 1. The molecule has 1 atom stereocenters. The minimum Gasteiger partial charge on any atom is -0.352 e. The van der Waals surface area contributed by atoms with E-state index in [4.69, 9.17) is 11.6 Å². The van der Waals surface area contributed by atoms with Crippen LogP contribution in [0.2, 0.25) is 5.02 Å². The molecule has 1 aliphatic carbocycles. The van der Waals surface area contributed by atoms with Gasteiger partial charge in [0.1, 0.15) is 6.04 Å². The van der Waals surface area contributed by atoms with Crippen LogP contribution in [0.3, 0.4) is 0 Å². The number of nitrogens with one attached hydrogen (secondary N) is 1. The molecule has 0 bridgehead atoms. The molecular weight excluding hydrogens is 580 g/mol. The number of amides is 2. The maximum atomic E-state index is 13.8. The third kappa shape index (κ3) is 8.89. The van der Waals surface area contributed by atoms with Crippen LogP contribution in [0.1, 0.15) is 49.7 Å². The maximum absolute atomic E-state index is 13.8. The van der Waals surface area contributed by atoms with E-state index in [9.17, 15) is 9.59 Å². The smallest absolute Gasteiger partial charge is 0.243 e. The van der Waals surface area contributed by atoms with E-state index < -0.39 is 6.04 Å². The SMILES string of the molecule is O=C(NC1CCCCC1)[C@@H](Cc1ccccc1)N(Cc1cccc(Br)c1)C(=O)CCSc1ccc(Cl)cc1. The summed E-state index contributed by atoms with van der Waals surface area (Å²) in [6, 6.07) is 25.2. The molecule has 4 nitrogen and oxygen atoms in total. The zero-order valence-corrected chi connectivity index (χ0v) is 24.6. The van der Waals surface area contributed by atoms with Crippen molar-refractivity contribution in [3.8, 4) is 0 Å². The second kappa shape index (κ2) is 14.8. The summed E-state index contributed by atoms with van der Waals surface area (Å²) < 4.78 is 0.951. The number of carbonyl (C=O) groups is 2. The van der Waals surface area contributed by atoms with Crippen molar-refractivity contribution in [1.82, 2.24) is 10.2 Å². The summed E-state index contributed by atoms with van der Waals surface area (Å²) in [5, 5.41) is 3.99. The lowest BCUT2D eigenvalue weighted by atomic mass is 9.94. The Kier molecular flexibility index (Phi) is 11.2. The van der Waals surface area contributed by atoms with Gasteiger partial charge >= 0.3 is 0 Å². The zero-order valence-electron chi connectivity index (χ0n) is 21.5. The predicted octanol–water partition coefficient (Wildman–Crippen LogP) is 7.67. The van der Waals surface area contributed by atoms with Gasteiger partial charge in [-0.05, 0) is 60.4 Å². The van der Waals surface area contributed by atoms with Crippen LogP contribution in [0.15, 0.2) is 88.2 Å². The summed E-state index contributed by atoms with van der Waals surface area (Å²) in [5.41, 5.74) is 2.03. The van der Waals surface area contributed by atoms with E-state index in [0.717, 1.165) is 46.2 Å². The minimum absolute atomic E-state index is 0.0221. The van der Waals surface area contributed by atoms with E-state index in [1.54, 1.807) is 16.7 Å². The van der Waals surface area contributed by atoms with Crippen molar-refractivity contribution in [3.05, 3.63) is 99.5 Å². The molecule has 0 saturated heterocycles. The third-order valence-electron chi connectivity index (χ3n) is 6.86. The fraction of sp³-hybridized carbons (Fsp3) is 0.355. The largest absolute Gasteiger partial charge is 0.352 e. The van der Waals surface area contributed by atoms with Gasteiger partial charge < -0.3 is 10.2 Å². The van der Waals surface area contributed by atoms with Crippen LogP contribution in [0.25, 0.3) is 0 Å². The fourth-order valence-electron chi connectivity index (χ4n) is 4.86. The summed E-state index contributed by atoms with van der Waals surface area (Å²) >= 11 is 11.2. The van der Waals surface area contributed by atoms with E-state index in [-0.39, 0.29) is 17.9 Å². The Labute approximate surface area is 243 Å². The summed E-state index contributed by atoms with van der Waals surface area (Å²) in [4.78, 5) is 30.5. The van der Waals surface area contributed by atoms with Crippen LogP contribution in [0.4, 0.5) is 0 Å². The lowest BCUT2D eigenvalue weighted by molar-refractivity contribution is -0.141. The molecule has 1 saturated carbocycles. The monoisotopic (exact) mass is 612 g/mol. The van der Waals surface area contributed by atoms with Crippen LogP contribution in [-0.4, -0.2) is 34.6 Å². The van der Waals surface area contributed by atoms with Crippen LogP contribution in [0.5, 0.6) is 0 Å². The van der Waals surface area contributed by atoms with Crippen LogP contribution >= 0.6 is 39.3 Å². The normalized spacial score (nSPS) is 14.6. The molecular formula is C31H34BrClN2O2S. The van der Waals surface area contributed by atoms with E-state index >= 15 is 0 Å². The molecule has 0 unspecified atom stereocenters. The van der Waals surface area contributed by atoms with Gasteiger partial charge in [-0.1, -0.05) is 89.3 Å². The fourth-order valence-corrected chi connectivity index (χ4v) is 6.27. The van der Waals surface area contributed by atoms with Crippen molar-refractivity contribution >= 4 is 51.1 Å². The Morgan fingerprint density at radius 3 is 2.37 bits per heavy atom. The molecule has 200 valence electrons. The summed E-state index contributed by atoms with van der Waals surface area (Å²) in [6.07, 6.45) is 6.31. The molecule has 0 heterocycles. The first-order valence-electron chi connectivity index (χ1n) is 13.2. The minimum atomic E-state index is -0.591. The van der Waals surface area contributed by atoms with Crippen molar-refractivity contribution in [1.29, 1.82) is 0 Å². The second-order valence-electron chi connectivity index (χ2n) is 9.75. The summed E-state index contributed by atoms with van der Waals surface area (Å²) in [5.74, 6) is 0.540. The lowest BCUT2D eigenvalue weighted by Gasteiger charge is -2.33. The highest BCUT2D eigenvalue weighted by atomic mass is 79.9. The number of rotatable bonds is 11. The Morgan fingerprint density at radius 2 is 1.66 bits per heavy atom. The molecule has 1 fully saturated rings. The number of benzene rings is 3. The summed E-state index contributed by atoms with van der Waals surface area (Å²) in [7, 11) is 0. The van der Waals surface area contributed by atoms with Gasteiger partial charge in [0, 0.05) is 45.6 Å². The average Bonchev–Trinajstić information content (AvgIpc) is 2.93. The predicted molar refractivity (Wildman–Crippen MR) is 160 cm³/mol. The van der Waals surface area contributed by atoms with Gasteiger partial charge in [-0.15, -0.1) is 11.8 Å². The number of thioether (sulfide) groups is 1. The van der Waals surface area contributed by atoms with Crippen molar-refractivity contribution in [2.45, 2.75) is 68.5 Å². The van der Waals surface area contributed by atoms with E-state index in [1.807, 2.05) is 78.9 Å². The lowest BCUT2D eigenvalue weighted by Crippen LogP contribution is -2.52. The van der Waals surface area contributed by atoms with Gasteiger partial charge in [0.2, 0.25) is 11.8 Å². The molecule has 3 aromatic rings. The first-order chi connectivity index (χ1) is 18.5. The number of hydrogen-bond donors (Lipinski definition) is 1. The van der Waals surface area contributed by atoms with E-state index in [2.05, 4.69) is 21.2 Å². The highest BCUT2D eigenvalue weighted by molar-refractivity contribution is 9.10. The Hall–Kier alpha value is -2.28. The molecule has 3 aromatic carbocycles. The molecule has 0 spiro atoms. The van der Waals surface area contributed by atoms with Gasteiger partial charge in [0.15, 0.2) is 0 Å². The molecule has 2 amide bonds. The molecule has 0 aliphatic heterocycles. The molecule has 38 heavy (non-hydrogen) atoms. The highest BCUT2D eigenvalue weighted by Crippen LogP contribution is 2.24. The Balaban J connectivity index is 1.56. The van der Waals surface area contributed by atoms with Crippen molar-refractivity contribution in [2.24, 2.45) is 0 Å². The second-order valence-corrected chi connectivity index (χ2v) is 12.3. The molecule has 0 radical (unpaired) electrons. The molecule has 1 N–H and O–H groups in total. The standard InChI is InChI=1S/C31H34BrClN2O2S/c32-25-11-7-10-24(20-25)22-35(30(36)18-19-38-28-16-14-26(33)15-17-28)29(21-23-8-3-1-4-9-23)31(37)34-27-12-5-2-6-13-27/h1,3-4,7-11,14-17,20,27,29H,2,5-6,12-13,18-19,21-22H2,(H,34,37)/t29-/m1/s1. The first kappa shape index (κ1) is 28.7. The molecule has 0 aromatic heterocycles. The number of hydrogen-bond acceptors (Lipinski definition) is 3. The van der Waals surface area contributed by atoms with Gasteiger partial charge in [-0.3, -0.25) is 9.59 Å². The quantitative estimate of drug-likeness (QED) is 0.226. The van der Waals surface area contributed by atoms with E-state index in [1.165, 1.54) is 6.42 Å². The average molecular weight is 614 g/mol. The zero-order chi connectivity index (χ0) is 26.7. The van der Waals surface area contributed by atoms with E-state index in [0.29, 0.717) is 30.2 Å². The van der Waals surface area contributed by atoms with Gasteiger partial charge in [0.05, 0.1) is 0 Å². The maximum Gasteiger partial charge on any atom is 0.243 e. The molecule has 4 rings (SSSR count). The van der Waals surface area contributed by atoms with Crippen LogP contribution < -0.4 is 5.32 Å². The van der Waals surface area contributed by atoms with Gasteiger partial charge in [-0.25, -0.2) is 0 Å². The number of carbonyl (C=O) groups excluding carboxylic acids is 2. The Bertz CT molecular complexity index is 1190.